The third-order valence-corrected chi connectivity index (χ3v) is 4.72. The van der Waals surface area contributed by atoms with Gasteiger partial charge in [-0.05, 0) is 13.2 Å². The first kappa shape index (κ1) is 15.1. The van der Waals surface area contributed by atoms with Crippen molar-refractivity contribution in [2.75, 3.05) is 31.0 Å². The largest absolute Gasteiger partial charge is 0.395 e. The van der Waals surface area contributed by atoms with E-state index >= 15 is 0 Å². The molecule has 0 fully saturated rings. The van der Waals surface area contributed by atoms with Crippen LogP contribution in [0.25, 0.3) is 0 Å². The number of hydrogen-bond donors (Lipinski definition) is 4. The van der Waals surface area contributed by atoms with Gasteiger partial charge >= 0.3 is 0 Å². The summed E-state index contributed by atoms with van der Waals surface area (Å²) in [7, 11) is 1.72. The molecule has 0 saturated heterocycles. The Kier molecular flexibility index (Phi) is 5.70. The van der Waals surface area contributed by atoms with Crippen LogP contribution in [0.15, 0.2) is 0 Å². The van der Waals surface area contributed by atoms with E-state index in [1.54, 1.807) is 7.05 Å². The van der Waals surface area contributed by atoms with Crippen LogP contribution in [0.1, 0.15) is 16.6 Å². The van der Waals surface area contributed by atoms with E-state index in [9.17, 15) is 4.79 Å². The molecule has 6 nitrogen and oxygen atoms in total. The van der Waals surface area contributed by atoms with Crippen molar-refractivity contribution in [2.45, 2.75) is 18.2 Å². The highest BCUT2D eigenvalue weighted by molar-refractivity contribution is 7.99. The molecule has 0 aromatic carbocycles. The Labute approximate surface area is 114 Å². The number of nitrogens with one attached hydrogen (secondary N) is 2. The zero-order valence-corrected chi connectivity index (χ0v) is 12.2. The van der Waals surface area contributed by atoms with Crippen molar-refractivity contribution in [3.63, 3.8) is 0 Å². The summed E-state index contributed by atoms with van der Waals surface area (Å²) in [6, 6.07) is -0.142. The second kappa shape index (κ2) is 6.81. The molecule has 0 aliphatic heterocycles. The molecule has 2 atom stereocenters. The molecule has 0 aliphatic carbocycles. The highest BCUT2D eigenvalue weighted by Crippen LogP contribution is 2.24. The second-order valence-corrected chi connectivity index (χ2v) is 5.78. The van der Waals surface area contributed by atoms with Crippen LogP contribution in [-0.2, 0) is 0 Å². The van der Waals surface area contributed by atoms with Crippen LogP contribution in [0, 0.1) is 0 Å². The Hall–Kier alpha value is -0.990. The number of thiazole rings is 1. The maximum Gasteiger partial charge on any atom is 0.265 e. The molecule has 0 bridgehead atoms. The molecular formula is C10H18N4O2S2. The van der Waals surface area contributed by atoms with Gasteiger partial charge in [-0.3, -0.25) is 4.79 Å². The summed E-state index contributed by atoms with van der Waals surface area (Å²) in [5, 5.41) is 15.4. The lowest BCUT2D eigenvalue weighted by atomic mass is 10.2. The maximum absolute atomic E-state index is 12.0. The smallest absolute Gasteiger partial charge is 0.265 e. The van der Waals surface area contributed by atoms with E-state index in [-0.39, 0.29) is 29.6 Å². The molecule has 0 aliphatic rings. The van der Waals surface area contributed by atoms with E-state index in [1.165, 1.54) is 23.1 Å². The molecule has 0 spiro atoms. The summed E-state index contributed by atoms with van der Waals surface area (Å²) in [6.07, 6.45) is 1.89. The van der Waals surface area contributed by atoms with Gasteiger partial charge < -0.3 is 21.5 Å². The van der Waals surface area contributed by atoms with Crippen LogP contribution >= 0.6 is 23.1 Å². The van der Waals surface area contributed by atoms with Crippen molar-refractivity contribution in [3.05, 3.63) is 4.88 Å². The van der Waals surface area contributed by atoms with Gasteiger partial charge in [0.1, 0.15) is 10.7 Å². The number of hydrogen-bond acceptors (Lipinski definition) is 7. The fourth-order valence-corrected chi connectivity index (χ4v) is 2.77. The molecule has 2 unspecified atom stereocenters. The SMILES string of the molecule is CNc1nc(N)c(C(=O)NC(C)C(CO)SC)s1. The number of rotatable bonds is 6. The third-order valence-electron chi connectivity index (χ3n) is 2.47. The predicted octanol–water partition coefficient (Wildman–Crippen LogP) is 0.609. The standard InChI is InChI=1S/C10H18N4O2S2/c1-5(6(4-15)17-3)13-9(16)7-8(11)14-10(12-2)18-7/h5-6,15H,4,11H2,1-3H3,(H,12,14)(H,13,16). The number of aromatic nitrogens is 1. The van der Waals surface area contributed by atoms with Gasteiger partial charge in [0.15, 0.2) is 5.13 Å². The van der Waals surface area contributed by atoms with Crippen LogP contribution in [0.5, 0.6) is 0 Å². The van der Waals surface area contributed by atoms with E-state index in [4.69, 9.17) is 10.8 Å². The first-order chi connectivity index (χ1) is 8.53. The Balaban J connectivity index is 2.72. The second-order valence-electron chi connectivity index (χ2n) is 3.70. The zero-order chi connectivity index (χ0) is 13.7. The molecule has 8 heteroatoms. The van der Waals surface area contributed by atoms with Gasteiger partial charge in [-0.15, -0.1) is 0 Å². The number of thioether (sulfide) groups is 1. The fraction of sp³-hybridized carbons (Fsp3) is 0.600. The summed E-state index contributed by atoms with van der Waals surface area (Å²) < 4.78 is 0. The topological polar surface area (TPSA) is 100 Å². The molecule has 102 valence electrons. The molecule has 5 N–H and O–H groups in total. The Bertz CT molecular complexity index is 407. The molecule has 0 radical (unpaired) electrons. The molecule has 18 heavy (non-hydrogen) atoms. The molecule has 1 amide bonds. The number of nitrogens with zero attached hydrogens (tertiary/aromatic N) is 1. The van der Waals surface area contributed by atoms with Gasteiger partial charge in [0.25, 0.3) is 5.91 Å². The van der Waals surface area contributed by atoms with E-state index < -0.39 is 0 Å². The summed E-state index contributed by atoms with van der Waals surface area (Å²) >= 11 is 2.72. The number of anilines is 2. The minimum Gasteiger partial charge on any atom is -0.395 e. The lowest BCUT2D eigenvalue weighted by Crippen LogP contribution is -2.41. The first-order valence-electron chi connectivity index (χ1n) is 5.42. The van der Waals surface area contributed by atoms with Crippen LogP contribution in [0.3, 0.4) is 0 Å². The zero-order valence-electron chi connectivity index (χ0n) is 10.6. The van der Waals surface area contributed by atoms with Crippen molar-refractivity contribution >= 4 is 40.0 Å². The summed E-state index contributed by atoms with van der Waals surface area (Å²) in [5.74, 6) is -0.0368. The number of carbonyl (C=O) groups excluding carboxylic acids is 1. The van der Waals surface area contributed by atoms with Gasteiger partial charge in [-0.25, -0.2) is 4.98 Å². The Morgan fingerprint density at radius 1 is 1.67 bits per heavy atom. The van der Waals surface area contributed by atoms with Gasteiger partial charge in [-0.1, -0.05) is 11.3 Å². The van der Waals surface area contributed by atoms with Crippen molar-refractivity contribution in [3.8, 4) is 0 Å². The lowest BCUT2D eigenvalue weighted by Gasteiger charge is -2.20. The number of aliphatic hydroxyl groups is 1. The lowest BCUT2D eigenvalue weighted by molar-refractivity contribution is 0.0940. The highest BCUT2D eigenvalue weighted by atomic mass is 32.2. The summed E-state index contributed by atoms with van der Waals surface area (Å²) in [4.78, 5) is 16.4. The monoisotopic (exact) mass is 290 g/mol. The number of aliphatic hydroxyl groups excluding tert-OH is 1. The number of carbonyl (C=O) groups is 1. The average molecular weight is 290 g/mol. The van der Waals surface area contributed by atoms with Crippen molar-refractivity contribution in [2.24, 2.45) is 0 Å². The number of nitrogens with two attached hydrogens (primary N) is 1. The van der Waals surface area contributed by atoms with Crippen LogP contribution in [0.2, 0.25) is 0 Å². The fourth-order valence-electron chi connectivity index (χ4n) is 1.40. The van der Waals surface area contributed by atoms with Crippen molar-refractivity contribution in [1.29, 1.82) is 0 Å². The van der Waals surface area contributed by atoms with Crippen LogP contribution < -0.4 is 16.4 Å². The van der Waals surface area contributed by atoms with Crippen molar-refractivity contribution < 1.29 is 9.90 Å². The first-order valence-corrected chi connectivity index (χ1v) is 7.52. The highest BCUT2D eigenvalue weighted by Gasteiger charge is 2.21. The van der Waals surface area contributed by atoms with E-state index in [1.807, 2.05) is 13.2 Å². The van der Waals surface area contributed by atoms with Gasteiger partial charge in [0, 0.05) is 18.3 Å². The molecule has 1 rings (SSSR count). The van der Waals surface area contributed by atoms with Gasteiger partial charge in [0.2, 0.25) is 0 Å². The maximum atomic E-state index is 12.0. The van der Waals surface area contributed by atoms with E-state index in [0.29, 0.717) is 10.0 Å². The third kappa shape index (κ3) is 3.50. The van der Waals surface area contributed by atoms with Gasteiger partial charge in [-0.2, -0.15) is 11.8 Å². The minimum absolute atomic E-state index is 0.0164. The van der Waals surface area contributed by atoms with Gasteiger partial charge in [0.05, 0.1) is 6.61 Å². The average Bonchev–Trinajstić information content (AvgIpc) is 2.72. The molecule has 1 aromatic heterocycles. The summed E-state index contributed by atoms with van der Waals surface area (Å²) in [6.45, 7) is 1.87. The molecule has 1 heterocycles. The van der Waals surface area contributed by atoms with Crippen molar-refractivity contribution in [1.82, 2.24) is 10.3 Å². The van der Waals surface area contributed by atoms with Crippen LogP contribution in [-0.4, -0.2) is 47.2 Å². The quantitative estimate of drug-likeness (QED) is 0.612. The molecular weight excluding hydrogens is 272 g/mol. The Morgan fingerprint density at radius 2 is 2.33 bits per heavy atom. The van der Waals surface area contributed by atoms with E-state index in [0.717, 1.165) is 0 Å². The minimum atomic E-state index is -0.258. The Morgan fingerprint density at radius 3 is 2.78 bits per heavy atom. The molecule has 0 saturated carbocycles. The normalized spacial score (nSPS) is 14.0. The molecule has 1 aromatic rings. The summed E-state index contributed by atoms with van der Waals surface area (Å²) in [5.41, 5.74) is 5.68. The van der Waals surface area contributed by atoms with E-state index in [2.05, 4.69) is 15.6 Å². The number of amides is 1. The predicted molar refractivity (Wildman–Crippen MR) is 77.4 cm³/mol. The van der Waals surface area contributed by atoms with Crippen LogP contribution in [0.4, 0.5) is 10.9 Å². The number of nitrogen functional groups attached to an aromatic ring is 1.